The monoisotopic (exact) mass is 256 g/mol. The number of aromatic carboxylic acids is 1. The highest BCUT2D eigenvalue weighted by Crippen LogP contribution is 2.04. The number of rotatable bonds is 6. The highest BCUT2D eigenvalue weighted by molar-refractivity contribution is 5.84. The Morgan fingerprint density at radius 2 is 2.22 bits per heavy atom. The molecule has 2 N–H and O–H groups in total. The van der Waals surface area contributed by atoms with Crippen molar-refractivity contribution in [2.45, 2.75) is 26.0 Å². The van der Waals surface area contributed by atoms with Gasteiger partial charge in [0.05, 0.1) is 11.8 Å². The first-order valence-corrected chi connectivity index (χ1v) is 5.29. The Bertz CT molecular complexity index is 441. The zero-order chi connectivity index (χ0) is 13.8. The second-order valence-corrected chi connectivity index (χ2v) is 4.35. The molecule has 0 aliphatic rings. The van der Waals surface area contributed by atoms with Crippen molar-refractivity contribution in [2.24, 2.45) is 0 Å². The van der Waals surface area contributed by atoms with E-state index in [0.29, 0.717) is 6.54 Å². The first-order valence-electron chi connectivity index (χ1n) is 5.29. The second kappa shape index (κ2) is 5.58. The highest BCUT2D eigenvalue weighted by atomic mass is 16.5. The molecule has 0 aliphatic carbocycles. The molecule has 1 heterocycles. The van der Waals surface area contributed by atoms with Crippen molar-refractivity contribution in [3.63, 3.8) is 0 Å². The van der Waals surface area contributed by atoms with Gasteiger partial charge in [0, 0.05) is 13.7 Å². The van der Waals surface area contributed by atoms with Crippen LogP contribution in [0.3, 0.4) is 0 Å². The van der Waals surface area contributed by atoms with E-state index in [1.54, 1.807) is 7.11 Å². The molecule has 8 nitrogen and oxygen atoms in total. The van der Waals surface area contributed by atoms with Crippen LogP contribution in [0.4, 0.5) is 0 Å². The third-order valence-electron chi connectivity index (χ3n) is 2.33. The first kappa shape index (κ1) is 14.1. The van der Waals surface area contributed by atoms with Gasteiger partial charge in [-0.1, -0.05) is 5.21 Å². The normalized spacial score (nSPS) is 11.3. The molecule has 0 atom stereocenters. The Morgan fingerprint density at radius 1 is 1.56 bits per heavy atom. The zero-order valence-electron chi connectivity index (χ0n) is 10.5. The summed E-state index contributed by atoms with van der Waals surface area (Å²) < 4.78 is 6.31. The summed E-state index contributed by atoms with van der Waals surface area (Å²) in [5.74, 6) is -1.47. The van der Waals surface area contributed by atoms with Gasteiger partial charge in [0.1, 0.15) is 6.54 Å². The van der Waals surface area contributed by atoms with Crippen molar-refractivity contribution < 1.29 is 19.4 Å². The van der Waals surface area contributed by atoms with Crippen LogP contribution < -0.4 is 5.32 Å². The van der Waals surface area contributed by atoms with Gasteiger partial charge < -0.3 is 15.2 Å². The van der Waals surface area contributed by atoms with Crippen LogP contribution in [0.1, 0.15) is 24.3 Å². The average molecular weight is 256 g/mol. The van der Waals surface area contributed by atoms with E-state index in [0.717, 1.165) is 0 Å². The fourth-order valence-corrected chi connectivity index (χ4v) is 1.06. The summed E-state index contributed by atoms with van der Waals surface area (Å²) in [7, 11) is 1.56. The van der Waals surface area contributed by atoms with Crippen LogP contribution in [-0.2, 0) is 16.1 Å². The molecule has 0 radical (unpaired) electrons. The molecule has 0 aromatic carbocycles. The highest BCUT2D eigenvalue weighted by Gasteiger charge is 2.17. The summed E-state index contributed by atoms with van der Waals surface area (Å²) in [5.41, 5.74) is -0.649. The summed E-state index contributed by atoms with van der Waals surface area (Å²) in [6.07, 6.45) is 1.20. The molecule has 1 rings (SSSR count). The fraction of sp³-hybridized carbons (Fsp3) is 0.600. The van der Waals surface area contributed by atoms with Crippen LogP contribution in [0.2, 0.25) is 0 Å². The van der Waals surface area contributed by atoms with Gasteiger partial charge in [0.25, 0.3) is 0 Å². The molecule has 0 aliphatic heterocycles. The molecule has 0 fully saturated rings. The molecule has 0 bridgehead atoms. The third kappa shape index (κ3) is 4.13. The molecule has 1 aromatic heterocycles. The van der Waals surface area contributed by atoms with Gasteiger partial charge in [-0.3, -0.25) is 4.79 Å². The lowest BCUT2D eigenvalue weighted by Gasteiger charge is -2.22. The Kier molecular flexibility index (Phi) is 4.38. The van der Waals surface area contributed by atoms with Gasteiger partial charge >= 0.3 is 5.97 Å². The molecule has 18 heavy (non-hydrogen) atoms. The quantitative estimate of drug-likeness (QED) is 0.711. The van der Waals surface area contributed by atoms with Crippen LogP contribution in [0, 0.1) is 0 Å². The minimum atomic E-state index is -1.18. The molecule has 0 saturated heterocycles. The summed E-state index contributed by atoms with van der Waals surface area (Å²) >= 11 is 0. The van der Waals surface area contributed by atoms with E-state index in [9.17, 15) is 9.59 Å². The number of carboxylic acid groups (broad SMARTS) is 1. The number of nitrogens with zero attached hydrogens (tertiary/aromatic N) is 3. The third-order valence-corrected chi connectivity index (χ3v) is 2.33. The Labute approximate surface area is 104 Å². The van der Waals surface area contributed by atoms with Gasteiger partial charge in [0.15, 0.2) is 5.69 Å². The van der Waals surface area contributed by atoms with Gasteiger partial charge in [-0.2, -0.15) is 0 Å². The van der Waals surface area contributed by atoms with E-state index < -0.39 is 11.6 Å². The molecule has 0 unspecified atom stereocenters. The number of carbonyl (C=O) groups is 2. The number of methoxy groups -OCH3 is 1. The summed E-state index contributed by atoms with van der Waals surface area (Å²) in [4.78, 5) is 22.1. The van der Waals surface area contributed by atoms with Crippen molar-refractivity contribution in [3.05, 3.63) is 11.9 Å². The minimum absolute atomic E-state index is 0.0833. The standard InChI is InChI=1S/C10H16N4O4/c1-10(2,18-3)6-11-8(15)5-14-4-7(9(16)17)12-13-14/h4H,5-6H2,1-3H3,(H,11,15)(H,16,17). The number of amides is 1. The molecule has 8 heteroatoms. The smallest absolute Gasteiger partial charge is 0.358 e. The van der Waals surface area contributed by atoms with E-state index in [1.165, 1.54) is 10.9 Å². The topological polar surface area (TPSA) is 106 Å². The van der Waals surface area contributed by atoms with Gasteiger partial charge in [-0.15, -0.1) is 5.10 Å². The zero-order valence-corrected chi connectivity index (χ0v) is 10.5. The predicted octanol–water partition coefficient (Wildman–Crippen LogP) is -0.482. The van der Waals surface area contributed by atoms with Gasteiger partial charge in [-0.05, 0) is 13.8 Å². The maximum atomic E-state index is 11.6. The van der Waals surface area contributed by atoms with E-state index >= 15 is 0 Å². The molecule has 100 valence electrons. The Hall–Kier alpha value is -1.96. The Balaban J connectivity index is 2.47. The number of aromatic nitrogens is 3. The van der Waals surface area contributed by atoms with Gasteiger partial charge in [0.2, 0.25) is 5.91 Å². The van der Waals surface area contributed by atoms with E-state index in [4.69, 9.17) is 9.84 Å². The van der Waals surface area contributed by atoms with Crippen LogP contribution in [0.25, 0.3) is 0 Å². The molecule has 0 spiro atoms. The number of carbonyl (C=O) groups excluding carboxylic acids is 1. The summed E-state index contributed by atoms with van der Waals surface area (Å²) in [5, 5.41) is 18.2. The maximum absolute atomic E-state index is 11.6. The number of ether oxygens (including phenoxy) is 1. The van der Waals surface area contributed by atoms with Gasteiger partial charge in [-0.25, -0.2) is 9.48 Å². The van der Waals surface area contributed by atoms with Crippen molar-refractivity contribution in [2.75, 3.05) is 13.7 Å². The molecular formula is C10H16N4O4. The van der Waals surface area contributed by atoms with Crippen LogP contribution in [0.5, 0.6) is 0 Å². The molecule has 1 amide bonds. The molecule has 1 aromatic rings. The van der Waals surface area contributed by atoms with Crippen LogP contribution in [0.15, 0.2) is 6.20 Å². The van der Waals surface area contributed by atoms with Crippen molar-refractivity contribution in [1.29, 1.82) is 0 Å². The SMILES string of the molecule is COC(C)(C)CNC(=O)Cn1cc(C(=O)O)nn1. The largest absolute Gasteiger partial charge is 0.476 e. The lowest BCUT2D eigenvalue weighted by Crippen LogP contribution is -2.41. The Morgan fingerprint density at radius 3 is 2.72 bits per heavy atom. The number of nitrogens with one attached hydrogen (secondary N) is 1. The lowest BCUT2D eigenvalue weighted by molar-refractivity contribution is -0.123. The van der Waals surface area contributed by atoms with Crippen molar-refractivity contribution in [1.82, 2.24) is 20.3 Å². The average Bonchev–Trinajstić information content (AvgIpc) is 2.75. The fourth-order valence-electron chi connectivity index (χ4n) is 1.06. The maximum Gasteiger partial charge on any atom is 0.358 e. The number of carboxylic acids is 1. The second-order valence-electron chi connectivity index (χ2n) is 4.35. The minimum Gasteiger partial charge on any atom is -0.476 e. The summed E-state index contributed by atoms with van der Waals surface area (Å²) in [6.45, 7) is 3.94. The van der Waals surface area contributed by atoms with E-state index in [-0.39, 0.29) is 18.1 Å². The summed E-state index contributed by atoms with van der Waals surface area (Å²) in [6, 6.07) is 0. The number of hydrogen-bond acceptors (Lipinski definition) is 5. The van der Waals surface area contributed by atoms with E-state index in [2.05, 4.69) is 15.6 Å². The van der Waals surface area contributed by atoms with Crippen LogP contribution >= 0.6 is 0 Å². The predicted molar refractivity (Wildman–Crippen MR) is 61.1 cm³/mol. The molecular weight excluding hydrogens is 240 g/mol. The van der Waals surface area contributed by atoms with Crippen molar-refractivity contribution in [3.8, 4) is 0 Å². The number of hydrogen-bond donors (Lipinski definition) is 2. The van der Waals surface area contributed by atoms with E-state index in [1.807, 2.05) is 13.8 Å². The molecule has 0 saturated carbocycles. The van der Waals surface area contributed by atoms with Crippen molar-refractivity contribution >= 4 is 11.9 Å². The lowest BCUT2D eigenvalue weighted by atomic mass is 10.1. The first-order chi connectivity index (χ1) is 8.34. The van der Waals surface area contributed by atoms with Crippen LogP contribution in [-0.4, -0.2) is 51.2 Å².